The molecule has 3 heterocycles. The normalized spacial score (nSPS) is 21.1. The summed E-state index contributed by atoms with van der Waals surface area (Å²) < 4.78 is 69.7. The average molecular weight is 544 g/mol. The number of nitrogens with one attached hydrogen (secondary N) is 2. The number of ether oxygens (including phenoxy) is 3. The summed E-state index contributed by atoms with van der Waals surface area (Å²) in [7, 11) is -3.66. The average Bonchev–Trinajstić information content (AvgIpc) is 3.53. The first-order chi connectivity index (χ1) is 17.9. The van der Waals surface area contributed by atoms with E-state index in [1.54, 1.807) is 37.3 Å². The molecule has 1 unspecified atom stereocenters. The molecule has 1 amide bonds. The van der Waals surface area contributed by atoms with Gasteiger partial charge in [-0.25, -0.2) is 18.1 Å². The molecule has 1 aromatic heterocycles. The van der Waals surface area contributed by atoms with Crippen molar-refractivity contribution in [3.05, 3.63) is 59.7 Å². The van der Waals surface area contributed by atoms with Crippen LogP contribution in [0.2, 0.25) is 0 Å². The molecule has 0 radical (unpaired) electrons. The number of rotatable bonds is 6. The van der Waals surface area contributed by atoms with Gasteiger partial charge in [0, 0.05) is 23.2 Å². The van der Waals surface area contributed by atoms with Crippen LogP contribution >= 0.6 is 0 Å². The molecule has 38 heavy (non-hydrogen) atoms. The van der Waals surface area contributed by atoms with Crippen LogP contribution in [0.3, 0.4) is 0 Å². The molecule has 12 heteroatoms. The molecule has 2 aromatic carbocycles. The maximum atomic E-state index is 13.5. The van der Waals surface area contributed by atoms with Crippen LogP contribution in [0.4, 0.5) is 14.6 Å². The van der Waals surface area contributed by atoms with Gasteiger partial charge in [-0.05, 0) is 56.5 Å². The van der Waals surface area contributed by atoms with Gasteiger partial charge >= 0.3 is 6.29 Å². The largest absolute Gasteiger partial charge is 0.586 e. The lowest BCUT2D eigenvalue weighted by Gasteiger charge is -2.22. The third-order valence-corrected chi connectivity index (χ3v) is 8.29. The lowest BCUT2D eigenvalue weighted by molar-refractivity contribution is -0.286. The second kappa shape index (κ2) is 8.37. The van der Waals surface area contributed by atoms with Gasteiger partial charge in [0.1, 0.15) is 23.6 Å². The number of aryl methyl sites for hydroxylation is 1. The molecule has 0 bridgehead atoms. The summed E-state index contributed by atoms with van der Waals surface area (Å²) in [5.74, 6) is -0.325. The lowest BCUT2D eigenvalue weighted by Crippen LogP contribution is -2.39. The number of carbonyl (C=O) groups excluding carboxylic acids is 1. The number of sulfonamides is 1. The maximum Gasteiger partial charge on any atom is 0.586 e. The first-order valence-corrected chi connectivity index (χ1v) is 13.4. The van der Waals surface area contributed by atoms with Gasteiger partial charge in [0.25, 0.3) is 0 Å². The number of aromatic nitrogens is 1. The molecule has 1 aliphatic carbocycles. The van der Waals surface area contributed by atoms with E-state index in [0.29, 0.717) is 16.8 Å². The van der Waals surface area contributed by atoms with Crippen molar-refractivity contribution in [3.63, 3.8) is 0 Å². The molecule has 2 N–H and O–H groups in total. The Morgan fingerprint density at radius 1 is 1.05 bits per heavy atom. The van der Waals surface area contributed by atoms with Gasteiger partial charge in [-0.3, -0.25) is 4.79 Å². The van der Waals surface area contributed by atoms with Crippen molar-refractivity contribution in [1.29, 1.82) is 0 Å². The molecule has 2 aliphatic heterocycles. The Morgan fingerprint density at radius 3 is 2.53 bits per heavy atom. The minimum absolute atomic E-state index is 0.0234. The van der Waals surface area contributed by atoms with E-state index in [-0.39, 0.29) is 40.6 Å². The highest BCUT2D eigenvalue weighted by molar-refractivity contribution is 7.89. The Morgan fingerprint density at radius 2 is 1.79 bits per heavy atom. The van der Waals surface area contributed by atoms with Gasteiger partial charge in [0.15, 0.2) is 11.5 Å². The molecular formula is C26H23F2N3O6S. The molecule has 9 nitrogen and oxygen atoms in total. The second-order valence-electron chi connectivity index (χ2n) is 9.82. The Balaban J connectivity index is 1.27. The van der Waals surface area contributed by atoms with Crippen LogP contribution in [0.15, 0.2) is 53.4 Å². The zero-order valence-corrected chi connectivity index (χ0v) is 21.2. The number of fused-ring (bicyclic) bond motifs is 2. The Kier molecular flexibility index (Phi) is 5.41. The predicted molar refractivity (Wildman–Crippen MR) is 132 cm³/mol. The van der Waals surface area contributed by atoms with Crippen molar-refractivity contribution in [1.82, 2.24) is 9.71 Å². The van der Waals surface area contributed by atoms with Crippen LogP contribution in [-0.4, -0.2) is 38.3 Å². The number of carbonyl (C=O) groups is 1. The summed E-state index contributed by atoms with van der Waals surface area (Å²) in [6, 6.07) is 12.4. The monoisotopic (exact) mass is 543 g/mol. The van der Waals surface area contributed by atoms with Crippen molar-refractivity contribution < 1.29 is 36.2 Å². The fraction of sp³-hybridized carbons (Fsp3) is 0.308. The highest BCUT2D eigenvalue weighted by atomic mass is 32.2. The van der Waals surface area contributed by atoms with Crippen molar-refractivity contribution >= 4 is 21.7 Å². The van der Waals surface area contributed by atoms with Crippen LogP contribution in [-0.2, 0) is 20.2 Å². The van der Waals surface area contributed by atoms with E-state index in [1.807, 2.05) is 6.92 Å². The molecule has 6 rings (SSSR count). The number of benzene rings is 2. The van der Waals surface area contributed by atoms with Crippen LogP contribution in [0.25, 0.3) is 11.3 Å². The summed E-state index contributed by atoms with van der Waals surface area (Å²) in [5.41, 5.74) is 1.02. The molecule has 3 aliphatic rings. The first kappa shape index (κ1) is 24.6. The molecule has 1 fully saturated rings. The third-order valence-electron chi connectivity index (χ3n) is 6.77. The fourth-order valence-corrected chi connectivity index (χ4v) is 5.81. The van der Waals surface area contributed by atoms with Gasteiger partial charge in [-0.2, -0.15) is 0 Å². The van der Waals surface area contributed by atoms with E-state index >= 15 is 0 Å². The van der Waals surface area contributed by atoms with Crippen LogP contribution in [0, 0.1) is 6.92 Å². The van der Waals surface area contributed by atoms with E-state index in [2.05, 4.69) is 24.5 Å². The smallest absolute Gasteiger partial charge is 0.492 e. The Bertz CT molecular complexity index is 1590. The van der Waals surface area contributed by atoms with Crippen molar-refractivity contribution in [2.75, 3.05) is 11.9 Å². The molecule has 0 spiro atoms. The number of amides is 1. The minimum Gasteiger partial charge on any atom is -0.492 e. The van der Waals surface area contributed by atoms with E-state index in [0.717, 1.165) is 18.4 Å². The van der Waals surface area contributed by atoms with Gasteiger partial charge in [-0.1, -0.05) is 18.2 Å². The predicted octanol–water partition coefficient (Wildman–Crippen LogP) is 4.11. The molecule has 1 saturated carbocycles. The van der Waals surface area contributed by atoms with Crippen LogP contribution < -0.4 is 24.2 Å². The van der Waals surface area contributed by atoms with Gasteiger partial charge in [0.2, 0.25) is 15.9 Å². The number of alkyl halides is 2. The van der Waals surface area contributed by atoms with Crippen molar-refractivity contribution in [2.24, 2.45) is 0 Å². The summed E-state index contributed by atoms with van der Waals surface area (Å²) >= 11 is 0. The van der Waals surface area contributed by atoms with Crippen LogP contribution in [0.5, 0.6) is 17.2 Å². The maximum absolute atomic E-state index is 13.5. The van der Waals surface area contributed by atoms with Gasteiger partial charge in [-0.15, -0.1) is 8.78 Å². The van der Waals surface area contributed by atoms with Gasteiger partial charge < -0.3 is 19.5 Å². The zero-order valence-electron chi connectivity index (χ0n) is 20.4. The summed E-state index contributed by atoms with van der Waals surface area (Å²) in [4.78, 5) is 18.1. The fourth-order valence-electron chi connectivity index (χ4n) is 4.46. The van der Waals surface area contributed by atoms with Crippen molar-refractivity contribution in [3.8, 4) is 28.5 Å². The van der Waals surface area contributed by atoms with Gasteiger partial charge in [0.05, 0.1) is 10.6 Å². The summed E-state index contributed by atoms with van der Waals surface area (Å²) in [6.45, 7) is 3.43. The molecule has 3 aromatic rings. The second-order valence-corrected chi connectivity index (χ2v) is 11.5. The highest BCUT2D eigenvalue weighted by Crippen LogP contribution is 2.50. The molecule has 0 saturated heterocycles. The minimum atomic E-state index is -3.79. The number of hydrogen-bond donors (Lipinski definition) is 2. The Labute approximate surface area is 217 Å². The topological polar surface area (TPSA) is 116 Å². The number of hydrogen-bond acceptors (Lipinski definition) is 7. The van der Waals surface area contributed by atoms with Crippen LogP contribution in [0.1, 0.15) is 30.9 Å². The van der Waals surface area contributed by atoms with E-state index in [4.69, 9.17) is 4.74 Å². The van der Waals surface area contributed by atoms with E-state index in [1.165, 1.54) is 18.2 Å². The van der Waals surface area contributed by atoms with Crippen molar-refractivity contribution in [2.45, 2.75) is 49.3 Å². The number of nitrogens with zero attached hydrogens (tertiary/aromatic N) is 1. The molecule has 1 atom stereocenters. The van der Waals surface area contributed by atoms with E-state index < -0.39 is 27.6 Å². The molecule has 198 valence electrons. The molecular weight excluding hydrogens is 520 g/mol. The Hall–Kier alpha value is -3.77. The zero-order chi connectivity index (χ0) is 26.9. The third kappa shape index (κ3) is 4.33. The highest BCUT2D eigenvalue weighted by Gasteiger charge is 2.49. The van der Waals surface area contributed by atoms with E-state index in [9.17, 15) is 22.0 Å². The number of anilines is 1. The number of pyridine rings is 1. The quantitative estimate of drug-likeness (QED) is 0.481. The lowest BCUT2D eigenvalue weighted by atomic mass is 9.83. The summed E-state index contributed by atoms with van der Waals surface area (Å²) in [5, 5.41) is 2.78. The SMILES string of the molecule is Cc1ccc(NC(=O)C2(C)COc3cc4c(cc32)OC(F)(F)O4)nc1-c1cccc(S(=O)(=O)NC2CC2)c1. The summed E-state index contributed by atoms with van der Waals surface area (Å²) in [6.07, 6.45) is -2.14. The number of halogens is 2. The first-order valence-electron chi connectivity index (χ1n) is 11.9. The standard InChI is InChI=1S/C26H23F2N3O6S/c1-14-6-9-22(29-23(14)15-4-3-5-17(10-15)38(33,34)31-16-7-8-16)30-24(32)25(2)13-35-19-12-21-20(11-18(19)25)36-26(27,28)37-21/h3-6,9-12,16,31H,7-8,13H2,1-2H3,(H,29,30,32).